The zero-order valence-corrected chi connectivity index (χ0v) is 9.25. The molecule has 0 saturated carbocycles. The molecule has 0 saturated heterocycles. The number of nitrogens with two attached hydrogens (primary N) is 1. The SMILES string of the molecule is NC(=S)Nc1c([N+](=O)[O-])cc(C(=O)O)c(F)c1F. The van der Waals surface area contributed by atoms with Crippen LogP contribution in [0.3, 0.4) is 0 Å². The first kappa shape index (κ1) is 13.7. The summed E-state index contributed by atoms with van der Waals surface area (Å²) < 4.78 is 26.8. The standard InChI is InChI=1S/C8H5F2N3O4S/c9-4-2(7(14)15)1-3(13(16)17)6(5(4)10)12-8(11)18/h1H,(H,14,15)(H3,11,12,18). The van der Waals surface area contributed by atoms with Crippen LogP contribution >= 0.6 is 12.2 Å². The fourth-order valence-electron chi connectivity index (χ4n) is 1.15. The second-order valence-corrected chi connectivity index (χ2v) is 3.44. The average molecular weight is 277 g/mol. The molecule has 0 aliphatic heterocycles. The van der Waals surface area contributed by atoms with Crippen LogP contribution in [0.15, 0.2) is 6.07 Å². The number of rotatable bonds is 3. The van der Waals surface area contributed by atoms with Gasteiger partial charge >= 0.3 is 5.97 Å². The van der Waals surface area contributed by atoms with Gasteiger partial charge in [-0.25, -0.2) is 13.6 Å². The molecule has 0 bridgehead atoms. The Morgan fingerprint density at radius 1 is 1.50 bits per heavy atom. The van der Waals surface area contributed by atoms with Crippen LogP contribution in [0.5, 0.6) is 0 Å². The van der Waals surface area contributed by atoms with Crippen LogP contribution in [0.4, 0.5) is 20.2 Å². The van der Waals surface area contributed by atoms with Crippen molar-refractivity contribution in [2.75, 3.05) is 5.32 Å². The number of benzene rings is 1. The monoisotopic (exact) mass is 277 g/mol. The van der Waals surface area contributed by atoms with Crippen LogP contribution in [0.1, 0.15) is 10.4 Å². The predicted octanol–water partition coefficient (Wildman–Crippen LogP) is 1.23. The van der Waals surface area contributed by atoms with E-state index in [0.29, 0.717) is 6.07 Å². The van der Waals surface area contributed by atoms with E-state index in [1.54, 1.807) is 0 Å². The number of thiocarbonyl (C=S) groups is 1. The number of nitro groups is 1. The van der Waals surface area contributed by atoms with E-state index in [2.05, 4.69) is 12.2 Å². The molecule has 1 rings (SSSR count). The van der Waals surface area contributed by atoms with E-state index in [9.17, 15) is 23.7 Å². The van der Waals surface area contributed by atoms with Crippen LogP contribution in [0.25, 0.3) is 0 Å². The summed E-state index contributed by atoms with van der Waals surface area (Å²) in [5, 5.41) is 20.6. The Morgan fingerprint density at radius 2 is 2.06 bits per heavy atom. The highest BCUT2D eigenvalue weighted by molar-refractivity contribution is 7.80. The minimum absolute atomic E-state index is 0.376. The maximum absolute atomic E-state index is 13.5. The van der Waals surface area contributed by atoms with Crippen molar-refractivity contribution in [3.8, 4) is 0 Å². The topological polar surface area (TPSA) is 118 Å². The third-order valence-electron chi connectivity index (χ3n) is 1.86. The summed E-state index contributed by atoms with van der Waals surface area (Å²) in [6.45, 7) is 0. The van der Waals surface area contributed by atoms with Crippen molar-refractivity contribution < 1.29 is 23.6 Å². The Kier molecular flexibility index (Phi) is 3.71. The van der Waals surface area contributed by atoms with E-state index in [-0.39, 0.29) is 0 Å². The molecule has 0 unspecified atom stereocenters. The molecule has 0 spiro atoms. The maximum Gasteiger partial charge on any atom is 0.339 e. The van der Waals surface area contributed by atoms with Crippen LogP contribution in [-0.4, -0.2) is 21.1 Å². The molecule has 7 nitrogen and oxygen atoms in total. The summed E-state index contributed by atoms with van der Waals surface area (Å²) in [5.41, 5.74) is 1.93. The number of carboxylic acids is 1. The lowest BCUT2D eigenvalue weighted by atomic mass is 10.1. The number of aromatic carboxylic acids is 1. The second-order valence-electron chi connectivity index (χ2n) is 3.00. The lowest BCUT2D eigenvalue weighted by Gasteiger charge is -2.08. The molecule has 0 amide bonds. The van der Waals surface area contributed by atoms with E-state index < -0.39 is 44.6 Å². The summed E-state index contributed by atoms with van der Waals surface area (Å²) in [6.07, 6.45) is 0. The van der Waals surface area contributed by atoms with E-state index in [1.807, 2.05) is 5.32 Å². The molecule has 0 fully saturated rings. The van der Waals surface area contributed by atoms with Gasteiger partial charge in [0.1, 0.15) is 5.56 Å². The molecular formula is C8H5F2N3O4S. The minimum atomic E-state index is -1.84. The first-order valence-electron chi connectivity index (χ1n) is 4.21. The highest BCUT2D eigenvalue weighted by Crippen LogP contribution is 2.31. The predicted molar refractivity (Wildman–Crippen MR) is 60.4 cm³/mol. The van der Waals surface area contributed by atoms with E-state index in [0.717, 1.165) is 0 Å². The van der Waals surface area contributed by atoms with Gasteiger partial charge in [0, 0.05) is 6.07 Å². The summed E-state index contributed by atoms with van der Waals surface area (Å²) in [5.74, 6) is -5.32. The zero-order chi connectivity index (χ0) is 14.0. The van der Waals surface area contributed by atoms with Crippen molar-refractivity contribution in [2.45, 2.75) is 0 Å². The number of nitrogens with one attached hydrogen (secondary N) is 1. The lowest BCUT2D eigenvalue weighted by Crippen LogP contribution is -2.21. The Morgan fingerprint density at radius 3 is 2.44 bits per heavy atom. The third kappa shape index (κ3) is 2.48. The molecule has 1 aromatic carbocycles. The smallest absolute Gasteiger partial charge is 0.339 e. The van der Waals surface area contributed by atoms with Crippen molar-refractivity contribution in [3.63, 3.8) is 0 Å². The number of anilines is 1. The van der Waals surface area contributed by atoms with Crippen molar-refractivity contribution >= 4 is 34.7 Å². The van der Waals surface area contributed by atoms with Crippen molar-refractivity contribution in [2.24, 2.45) is 5.73 Å². The van der Waals surface area contributed by atoms with Gasteiger partial charge in [-0.15, -0.1) is 0 Å². The maximum atomic E-state index is 13.5. The number of carbonyl (C=O) groups is 1. The van der Waals surface area contributed by atoms with Crippen LogP contribution < -0.4 is 11.1 Å². The van der Waals surface area contributed by atoms with Gasteiger partial charge in [-0.05, 0) is 12.2 Å². The van der Waals surface area contributed by atoms with Gasteiger partial charge in [-0.1, -0.05) is 0 Å². The highest BCUT2D eigenvalue weighted by atomic mass is 32.1. The summed E-state index contributed by atoms with van der Waals surface area (Å²) in [6, 6.07) is 0.376. The quantitative estimate of drug-likeness (QED) is 0.432. The van der Waals surface area contributed by atoms with E-state index in [4.69, 9.17) is 10.8 Å². The third-order valence-corrected chi connectivity index (χ3v) is 1.96. The molecule has 0 aromatic heterocycles. The van der Waals surface area contributed by atoms with Crippen LogP contribution in [0.2, 0.25) is 0 Å². The average Bonchev–Trinajstić information content (AvgIpc) is 2.23. The Balaban J connectivity index is 3.60. The molecule has 18 heavy (non-hydrogen) atoms. The van der Waals surface area contributed by atoms with Crippen molar-refractivity contribution in [1.29, 1.82) is 0 Å². The van der Waals surface area contributed by atoms with Crippen LogP contribution in [-0.2, 0) is 0 Å². The molecule has 96 valence electrons. The second kappa shape index (κ2) is 4.87. The molecule has 0 radical (unpaired) electrons. The fraction of sp³-hybridized carbons (Fsp3) is 0. The van der Waals surface area contributed by atoms with Gasteiger partial charge in [0.05, 0.1) is 4.92 Å². The molecule has 0 atom stereocenters. The number of nitro benzene ring substituents is 1. The van der Waals surface area contributed by atoms with Gasteiger partial charge in [0.15, 0.2) is 22.4 Å². The molecule has 0 heterocycles. The summed E-state index contributed by atoms with van der Waals surface area (Å²) >= 11 is 4.35. The normalized spacial score (nSPS) is 9.89. The summed E-state index contributed by atoms with van der Waals surface area (Å²) in [4.78, 5) is 20.1. The van der Waals surface area contributed by atoms with Gasteiger partial charge in [0.2, 0.25) is 0 Å². The van der Waals surface area contributed by atoms with Crippen molar-refractivity contribution in [1.82, 2.24) is 0 Å². The Hall–Kier alpha value is -2.36. The van der Waals surface area contributed by atoms with Gasteiger partial charge in [-0.2, -0.15) is 0 Å². The molecule has 10 heteroatoms. The fourth-order valence-corrected chi connectivity index (χ4v) is 1.26. The molecule has 0 aliphatic carbocycles. The minimum Gasteiger partial charge on any atom is -0.478 e. The number of halogens is 2. The van der Waals surface area contributed by atoms with E-state index in [1.165, 1.54) is 0 Å². The Labute approximate surface area is 103 Å². The molecular weight excluding hydrogens is 272 g/mol. The number of hydrogen-bond acceptors (Lipinski definition) is 4. The molecule has 0 aliphatic rings. The zero-order valence-electron chi connectivity index (χ0n) is 8.44. The lowest BCUT2D eigenvalue weighted by molar-refractivity contribution is -0.384. The Bertz CT molecular complexity index is 564. The number of carboxylic acid groups (broad SMARTS) is 1. The van der Waals surface area contributed by atoms with Gasteiger partial charge in [-0.3, -0.25) is 10.1 Å². The number of hydrogen-bond donors (Lipinski definition) is 3. The van der Waals surface area contributed by atoms with Crippen molar-refractivity contribution in [3.05, 3.63) is 33.4 Å². The molecule has 4 N–H and O–H groups in total. The first-order valence-corrected chi connectivity index (χ1v) is 4.62. The molecule has 1 aromatic rings. The highest BCUT2D eigenvalue weighted by Gasteiger charge is 2.28. The van der Waals surface area contributed by atoms with Gasteiger partial charge < -0.3 is 16.2 Å². The summed E-state index contributed by atoms with van der Waals surface area (Å²) in [7, 11) is 0. The van der Waals surface area contributed by atoms with Gasteiger partial charge in [0.25, 0.3) is 5.69 Å². The largest absolute Gasteiger partial charge is 0.478 e. The first-order chi connectivity index (χ1) is 8.25. The van der Waals surface area contributed by atoms with E-state index >= 15 is 0 Å². The van der Waals surface area contributed by atoms with Crippen LogP contribution in [0, 0.1) is 21.7 Å². The number of nitrogens with zero attached hydrogens (tertiary/aromatic N) is 1.